The molecule has 0 bridgehead atoms. The topological polar surface area (TPSA) is 72.3 Å². The Labute approximate surface area is 102 Å². The van der Waals surface area contributed by atoms with Gasteiger partial charge >= 0.3 is 5.97 Å². The van der Waals surface area contributed by atoms with Crippen LogP contribution in [0, 0.1) is 0 Å². The van der Waals surface area contributed by atoms with E-state index in [4.69, 9.17) is 9.84 Å². The summed E-state index contributed by atoms with van der Waals surface area (Å²) in [5, 5.41) is 8.92. The van der Waals surface area contributed by atoms with E-state index in [0.29, 0.717) is 16.9 Å². The van der Waals surface area contributed by atoms with Crippen LogP contribution in [0.4, 0.5) is 0 Å². The first-order valence-electron chi connectivity index (χ1n) is 4.78. The lowest BCUT2D eigenvalue weighted by molar-refractivity contribution is -0.0210. The van der Waals surface area contributed by atoms with Crippen LogP contribution in [0.15, 0.2) is 10.7 Å². The van der Waals surface area contributed by atoms with Crippen LogP contribution in [-0.4, -0.2) is 27.7 Å². The van der Waals surface area contributed by atoms with E-state index in [1.807, 2.05) is 6.92 Å². The highest BCUT2D eigenvalue weighted by Gasteiger charge is 2.26. The molecule has 16 heavy (non-hydrogen) atoms. The van der Waals surface area contributed by atoms with E-state index in [1.54, 1.807) is 13.8 Å². The molecule has 5 nitrogen and oxygen atoms in total. The van der Waals surface area contributed by atoms with Crippen molar-refractivity contribution in [2.45, 2.75) is 26.4 Å². The van der Waals surface area contributed by atoms with E-state index >= 15 is 0 Å². The minimum atomic E-state index is -1.09. The molecular weight excluding hydrogens is 276 g/mol. The highest BCUT2D eigenvalue weighted by molar-refractivity contribution is 9.10. The molecule has 0 saturated carbocycles. The zero-order valence-electron chi connectivity index (χ0n) is 9.32. The molecule has 0 aliphatic carbocycles. The predicted octanol–water partition coefficient (Wildman–Crippen LogP) is 2.21. The number of aromatic carboxylic acids is 1. The fraction of sp³-hybridized carbons (Fsp3) is 0.500. The van der Waals surface area contributed by atoms with Crippen LogP contribution in [0.3, 0.4) is 0 Å². The third kappa shape index (κ3) is 2.76. The van der Waals surface area contributed by atoms with Crippen molar-refractivity contribution in [3.05, 3.63) is 22.2 Å². The molecule has 0 unspecified atom stereocenters. The smallest absolute Gasteiger partial charge is 0.355 e. The molecule has 0 radical (unpaired) electrons. The maximum Gasteiger partial charge on any atom is 0.355 e. The van der Waals surface area contributed by atoms with Gasteiger partial charge in [0.05, 0.1) is 4.47 Å². The maximum absolute atomic E-state index is 10.9. The third-order valence-corrected chi connectivity index (χ3v) is 2.57. The zero-order valence-corrected chi connectivity index (χ0v) is 10.9. The Hall–Kier alpha value is -1.01. The molecular formula is C10H13BrN2O3. The number of ether oxygens (including phenoxy) is 1. The van der Waals surface area contributed by atoms with E-state index in [-0.39, 0.29) is 5.69 Å². The SMILES string of the molecule is CCOC(C)(C)c1ncc(Br)c(C(=O)O)n1. The Balaban J connectivity index is 3.17. The Morgan fingerprint density at radius 1 is 1.62 bits per heavy atom. The van der Waals surface area contributed by atoms with Crippen molar-refractivity contribution in [2.75, 3.05) is 6.61 Å². The normalized spacial score (nSPS) is 11.5. The molecule has 1 aromatic rings. The zero-order chi connectivity index (χ0) is 12.3. The predicted molar refractivity (Wildman–Crippen MR) is 61.3 cm³/mol. The number of hydrogen-bond donors (Lipinski definition) is 1. The number of carboxylic acids is 1. The minimum absolute atomic E-state index is 0.0576. The minimum Gasteiger partial charge on any atom is -0.476 e. The molecule has 0 saturated heterocycles. The molecule has 0 fully saturated rings. The fourth-order valence-electron chi connectivity index (χ4n) is 1.23. The summed E-state index contributed by atoms with van der Waals surface area (Å²) in [6.45, 7) is 5.96. The van der Waals surface area contributed by atoms with Crippen molar-refractivity contribution in [3.8, 4) is 0 Å². The number of hydrogen-bond acceptors (Lipinski definition) is 4. The molecule has 88 valence electrons. The Kier molecular flexibility index (Phi) is 3.98. The molecule has 1 aromatic heterocycles. The van der Waals surface area contributed by atoms with Gasteiger partial charge in [0.2, 0.25) is 0 Å². The molecule has 0 atom stereocenters. The van der Waals surface area contributed by atoms with Gasteiger partial charge in [0.25, 0.3) is 0 Å². The largest absolute Gasteiger partial charge is 0.476 e. The molecule has 0 amide bonds. The molecule has 1 N–H and O–H groups in total. The van der Waals surface area contributed by atoms with Gasteiger partial charge in [-0.05, 0) is 36.7 Å². The first-order chi connectivity index (χ1) is 7.38. The summed E-state index contributed by atoms with van der Waals surface area (Å²) in [5.74, 6) is -0.738. The van der Waals surface area contributed by atoms with E-state index < -0.39 is 11.6 Å². The lowest BCUT2D eigenvalue weighted by Crippen LogP contribution is -2.25. The molecule has 6 heteroatoms. The average molecular weight is 289 g/mol. The van der Waals surface area contributed by atoms with Gasteiger partial charge in [-0.2, -0.15) is 0 Å². The van der Waals surface area contributed by atoms with Gasteiger partial charge in [0.1, 0.15) is 5.60 Å². The van der Waals surface area contributed by atoms with Crippen LogP contribution in [0.2, 0.25) is 0 Å². The first-order valence-corrected chi connectivity index (χ1v) is 5.58. The summed E-state index contributed by atoms with van der Waals surface area (Å²) < 4.78 is 5.81. The van der Waals surface area contributed by atoms with Crippen LogP contribution in [0.25, 0.3) is 0 Å². The van der Waals surface area contributed by atoms with Crippen molar-refractivity contribution in [2.24, 2.45) is 0 Å². The summed E-state index contributed by atoms with van der Waals surface area (Å²) in [6, 6.07) is 0. The second-order valence-corrected chi connectivity index (χ2v) is 4.49. The van der Waals surface area contributed by atoms with Crippen molar-refractivity contribution in [1.29, 1.82) is 0 Å². The summed E-state index contributed by atoms with van der Waals surface area (Å²) in [6.07, 6.45) is 1.42. The molecule has 0 aliphatic heterocycles. The molecule has 0 aliphatic rings. The first kappa shape index (κ1) is 13.1. The van der Waals surface area contributed by atoms with E-state index in [2.05, 4.69) is 25.9 Å². The molecule has 0 spiro atoms. The molecule has 1 rings (SSSR count). The van der Waals surface area contributed by atoms with Gasteiger partial charge in [-0.25, -0.2) is 14.8 Å². The van der Waals surface area contributed by atoms with Crippen molar-refractivity contribution < 1.29 is 14.6 Å². The van der Waals surface area contributed by atoms with Gasteiger partial charge in [-0.15, -0.1) is 0 Å². The number of aromatic nitrogens is 2. The van der Waals surface area contributed by atoms with Gasteiger partial charge < -0.3 is 9.84 Å². The lowest BCUT2D eigenvalue weighted by atomic mass is 10.1. The second-order valence-electron chi connectivity index (χ2n) is 3.64. The monoisotopic (exact) mass is 288 g/mol. The summed E-state index contributed by atoms with van der Waals surface area (Å²) in [7, 11) is 0. The van der Waals surface area contributed by atoms with Gasteiger partial charge in [0.15, 0.2) is 11.5 Å². The maximum atomic E-state index is 10.9. The average Bonchev–Trinajstić information content (AvgIpc) is 2.17. The highest BCUT2D eigenvalue weighted by atomic mass is 79.9. The molecule has 0 aromatic carbocycles. The Morgan fingerprint density at radius 2 is 2.25 bits per heavy atom. The Bertz CT molecular complexity index is 407. The third-order valence-electron chi connectivity index (χ3n) is 1.99. The summed E-state index contributed by atoms with van der Waals surface area (Å²) in [5.41, 5.74) is -0.752. The lowest BCUT2D eigenvalue weighted by Gasteiger charge is -2.22. The van der Waals surface area contributed by atoms with Crippen LogP contribution in [0.5, 0.6) is 0 Å². The van der Waals surface area contributed by atoms with Gasteiger partial charge in [0, 0.05) is 12.8 Å². The Morgan fingerprint density at radius 3 is 2.75 bits per heavy atom. The van der Waals surface area contributed by atoms with Crippen LogP contribution >= 0.6 is 15.9 Å². The fourth-order valence-corrected chi connectivity index (χ4v) is 1.59. The summed E-state index contributed by atoms with van der Waals surface area (Å²) in [4.78, 5) is 18.9. The van der Waals surface area contributed by atoms with E-state index in [1.165, 1.54) is 6.20 Å². The van der Waals surface area contributed by atoms with Gasteiger partial charge in [-0.3, -0.25) is 0 Å². The number of halogens is 1. The molecule has 1 heterocycles. The van der Waals surface area contributed by atoms with Crippen molar-refractivity contribution in [1.82, 2.24) is 9.97 Å². The van der Waals surface area contributed by atoms with Crippen LogP contribution in [0.1, 0.15) is 37.1 Å². The number of rotatable bonds is 4. The van der Waals surface area contributed by atoms with Crippen LogP contribution < -0.4 is 0 Å². The number of carbonyl (C=O) groups is 1. The number of carboxylic acid groups (broad SMARTS) is 1. The van der Waals surface area contributed by atoms with E-state index in [0.717, 1.165) is 0 Å². The van der Waals surface area contributed by atoms with Crippen LogP contribution in [-0.2, 0) is 10.3 Å². The second kappa shape index (κ2) is 4.88. The number of nitrogens with zero attached hydrogens (tertiary/aromatic N) is 2. The highest BCUT2D eigenvalue weighted by Crippen LogP contribution is 2.23. The standard InChI is InChI=1S/C10H13BrN2O3/c1-4-16-10(2,3)9-12-5-6(11)7(13-9)8(14)15/h5H,4H2,1-3H3,(H,14,15). The van der Waals surface area contributed by atoms with Crippen molar-refractivity contribution >= 4 is 21.9 Å². The van der Waals surface area contributed by atoms with Crippen molar-refractivity contribution in [3.63, 3.8) is 0 Å². The van der Waals surface area contributed by atoms with Gasteiger partial charge in [-0.1, -0.05) is 0 Å². The summed E-state index contributed by atoms with van der Waals surface area (Å²) >= 11 is 3.09. The quantitative estimate of drug-likeness (QED) is 0.920. The van der Waals surface area contributed by atoms with E-state index in [9.17, 15) is 4.79 Å².